The van der Waals surface area contributed by atoms with E-state index in [1.807, 2.05) is 0 Å². The Hall–Kier alpha value is -2.31. The third-order valence-electron chi connectivity index (χ3n) is 2.08. The molecule has 0 N–H and O–H groups in total. The van der Waals surface area contributed by atoms with E-state index in [4.69, 9.17) is 14.2 Å². The van der Waals surface area contributed by atoms with E-state index in [1.54, 1.807) is 13.8 Å². The van der Waals surface area contributed by atoms with Gasteiger partial charge in [0, 0.05) is 0 Å². The minimum absolute atomic E-state index is 0.00786. The lowest BCUT2D eigenvalue weighted by Crippen LogP contribution is -2.19. The number of carbonyl (C=O) groups excluding carboxylic acids is 1. The Bertz CT molecular complexity index is 471. The zero-order chi connectivity index (χ0) is 14.4. The highest BCUT2D eigenvalue weighted by Crippen LogP contribution is 2.30. The third kappa shape index (κ3) is 4.46. The Morgan fingerprint density at radius 2 is 2.11 bits per heavy atom. The molecule has 0 aliphatic rings. The van der Waals surface area contributed by atoms with Crippen LogP contribution in [0, 0.1) is 10.1 Å². The van der Waals surface area contributed by atoms with Crippen molar-refractivity contribution in [3.05, 3.63) is 28.3 Å². The molecule has 0 amide bonds. The smallest absolute Gasteiger partial charge is 0.344 e. The van der Waals surface area contributed by atoms with Crippen molar-refractivity contribution >= 4 is 11.7 Å². The molecule has 1 aromatic rings. The van der Waals surface area contributed by atoms with Gasteiger partial charge in [0.05, 0.1) is 24.2 Å². The molecule has 0 heterocycles. The third-order valence-corrected chi connectivity index (χ3v) is 2.08. The molecule has 0 bridgehead atoms. The highest BCUT2D eigenvalue weighted by atomic mass is 16.6. The van der Waals surface area contributed by atoms with Gasteiger partial charge < -0.3 is 14.2 Å². The lowest BCUT2D eigenvalue weighted by Gasteiger charge is -2.10. The maximum atomic E-state index is 11.3. The van der Waals surface area contributed by atoms with Gasteiger partial charge in [-0.05, 0) is 26.0 Å². The number of nitro benzene ring substituents is 1. The number of esters is 1. The molecular formula is C12H15NO6. The summed E-state index contributed by atoms with van der Waals surface area (Å²) in [5.41, 5.74) is -0.267. The van der Waals surface area contributed by atoms with Crippen LogP contribution in [-0.2, 0) is 9.53 Å². The van der Waals surface area contributed by atoms with Crippen LogP contribution in [0.1, 0.15) is 13.8 Å². The number of nitro groups is 1. The van der Waals surface area contributed by atoms with Crippen molar-refractivity contribution in [3.63, 3.8) is 0 Å². The maximum Gasteiger partial charge on any atom is 0.344 e. The van der Waals surface area contributed by atoms with Crippen molar-refractivity contribution in [3.8, 4) is 11.5 Å². The van der Waals surface area contributed by atoms with Crippen molar-refractivity contribution in [2.45, 2.75) is 20.0 Å². The molecule has 0 aromatic heterocycles. The van der Waals surface area contributed by atoms with Gasteiger partial charge >= 0.3 is 11.7 Å². The quantitative estimate of drug-likeness (QED) is 0.445. The van der Waals surface area contributed by atoms with Gasteiger partial charge in [-0.2, -0.15) is 0 Å². The molecule has 0 saturated carbocycles. The fourth-order valence-electron chi connectivity index (χ4n) is 1.32. The molecule has 0 spiro atoms. The summed E-state index contributed by atoms with van der Waals surface area (Å²) < 4.78 is 14.8. The Labute approximate surface area is 110 Å². The molecule has 0 saturated heterocycles. The van der Waals surface area contributed by atoms with Crippen molar-refractivity contribution in [1.82, 2.24) is 0 Å². The number of methoxy groups -OCH3 is 1. The van der Waals surface area contributed by atoms with E-state index in [1.165, 1.54) is 25.3 Å². The predicted molar refractivity (Wildman–Crippen MR) is 66.4 cm³/mol. The zero-order valence-electron chi connectivity index (χ0n) is 10.9. The summed E-state index contributed by atoms with van der Waals surface area (Å²) in [7, 11) is 1.40. The number of carbonyl (C=O) groups is 1. The Balaban J connectivity index is 2.77. The van der Waals surface area contributed by atoms with E-state index in [9.17, 15) is 14.9 Å². The number of hydrogen-bond acceptors (Lipinski definition) is 6. The van der Waals surface area contributed by atoms with E-state index in [0.29, 0.717) is 5.75 Å². The Morgan fingerprint density at radius 3 is 2.63 bits per heavy atom. The molecule has 0 unspecified atom stereocenters. The summed E-state index contributed by atoms with van der Waals surface area (Å²) in [6.45, 7) is 3.02. The molecule has 0 fully saturated rings. The van der Waals surface area contributed by atoms with Crippen LogP contribution < -0.4 is 9.47 Å². The second-order valence-electron chi connectivity index (χ2n) is 3.92. The number of nitrogens with zero attached hydrogens (tertiary/aromatic N) is 1. The van der Waals surface area contributed by atoms with Crippen LogP contribution in [0.2, 0.25) is 0 Å². The summed E-state index contributed by atoms with van der Waals surface area (Å²) in [6.07, 6.45) is -0.262. The van der Waals surface area contributed by atoms with Gasteiger partial charge in [-0.25, -0.2) is 4.79 Å². The van der Waals surface area contributed by atoms with Crippen LogP contribution in [0.15, 0.2) is 18.2 Å². The van der Waals surface area contributed by atoms with Gasteiger partial charge in [-0.1, -0.05) is 0 Å². The molecular weight excluding hydrogens is 254 g/mol. The normalized spacial score (nSPS) is 10.1. The van der Waals surface area contributed by atoms with E-state index in [2.05, 4.69) is 0 Å². The topological polar surface area (TPSA) is 87.9 Å². The lowest BCUT2D eigenvalue weighted by atomic mass is 10.3. The summed E-state index contributed by atoms with van der Waals surface area (Å²) in [6, 6.07) is 4.11. The van der Waals surface area contributed by atoms with Crippen LogP contribution in [0.25, 0.3) is 0 Å². The van der Waals surface area contributed by atoms with Gasteiger partial charge in [0.2, 0.25) is 0 Å². The predicted octanol–water partition coefficient (Wildman–Crippen LogP) is 1.93. The summed E-state index contributed by atoms with van der Waals surface area (Å²) in [5, 5.41) is 10.9. The average molecular weight is 269 g/mol. The SMILES string of the molecule is COc1ccc(OCC(=O)OC(C)C)c([N+](=O)[O-])c1. The first-order chi connectivity index (χ1) is 8.93. The molecule has 0 aliphatic heterocycles. The van der Waals surface area contributed by atoms with Crippen LogP contribution in [0.3, 0.4) is 0 Å². The molecule has 104 valence electrons. The van der Waals surface area contributed by atoms with Crippen molar-refractivity contribution in [2.24, 2.45) is 0 Å². The zero-order valence-corrected chi connectivity index (χ0v) is 10.9. The second kappa shape index (κ2) is 6.58. The highest BCUT2D eigenvalue weighted by molar-refractivity contribution is 5.71. The van der Waals surface area contributed by atoms with Crippen molar-refractivity contribution < 1.29 is 23.9 Å². The highest BCUT2D eigenvalue weighted by Gasteiger charge is 2.18. The monoisotopic (exact) mass is 269 g/mol. The molecule has 19 heavy (non-hydrogen) atoms. The fourth-order valence-corrected chi connectivity index (χ4v) is 1.32. The molecule has 0 radical (unpaired) electrons. The van der Waals surface area contributed by atoms with Crippen molar-refractivity contribution in [2.75, 3.05) is 13.7 Å². The number of ether oxygens (including phenoxy) is 3. The number of hydrogen-bond donors (Lipinski definition) is 0. The minimum Gasteiger partial charge on any atom is -0.496 e. The van der Waals surface area contributed by atoms with Gasteiger partial charge in [0.15, 0.2) is 12.4 Å². The Morgan fingerprint density at radius 1 is 1.42 bits per heavy atom. The van der Waals surface area contributed by atoms with Gasteiger partial charge in [0.1, 0.15) is 5.75 Å². The van der Waals surface area contributed by atoms with E-state index < -0.39 is 10.9 Å². The molecule has 7 nitrogen and oxygen atoms in total. The van der Waals surface area contributed by atoms with Gasteiger partial charge in [-0.3, -0.25) is 10.1 Å². The van der Waals surface area contributed by atoms with E-state index in [-0.39, 0.29) is 24.1 Å². The lowest BCUT2D eigenvalue weighted by molar-refractivity contribution is -0.385. The minimum atomic E-state index is -0.606. The van der Waals surface area contributed by atoms with Crippen LogP contribution in [0.4, 0.5) is 5.69 Å². The second-order valence-corrected chi connectivity index (χ2v) is 3.92. The maximum absolute atomic E-state index is 11.3. The van der Waals surface area contributed by atoms with E-state index in [0.717, 1.165) is 0 Å². The van der Waals surface area contributed by atoms with Crippen LogP contribution in [-0.4, -0.2) is 30.7 Å². The summed E-state index contributed by atoms with van der Waals surface area (Å²) >= 11 is 0. The summed E-state index contributed by atoms with van der Waals surface area (Å²) in [5.74, 6) is -0.254. The number of rotatable bonds is 6. The number of benzene rings is 1. The van der Waals surface area contributed by atoms with Gasteiger partial charge in [0.25, 0.3) is 0 Å². The molecule has 7 heteroatoms. The fraction of sp³-hybridized carbons (Fsp3) is 0.417. The van der Waals surface area contributed by atoms with Crippen molar-refractivity contribution in [1.29, 1.82) is 0 Å². The average Bonchev–Trinajstić information content (AvgIpc) is 2.35. The summed E-state index contributed by atoms with van der Waals surface area (Å²) in [4.78, 5) is 21.5. The van der Waals surface area contributed by atoms with E-state index >= 15 is 0 Å². The standard InChI is InChI=1S/C12H15NO6/c1-8(2)19-12(14)7-18-11-5-4-9(17-3)6-10(11)13(15)16/h4-6,8H,7H2,1-3H3. The first-order valence-electron chi connectivity index (χ1n) is 5.58. The largest absolute Gasteiger partial charge is 0.496 e. The first-order valence-corrected chi connectivity index (χ1v) is 5.58. The van der Waals surface area contributed by atoms with Crippen LogP contribution >= 0.6 is 0 Å². The molecule has 0 aliphatic carbocycles. The van der Waals surface area contributed by atoms with Gasteiger partial charge in [-0.15, -0.1) is 0 Å². The molecule has 1 aromatic carbocycles. The Kier molecular flexibility index (Phi) is 5.11. The first kappa shape index (κ1) is 14.7. The van der Waals surface area contributed by atoms with Crippen LogP contribution in [0.5, 0.6) is 11.5 Å². The molecule has 0 atom stereocenters. The molecule has 1 rings (SSSR count).